The van der Waals surface area contributed by atoms with Crippen molar-refractivity contribution in [1.29, 1.82) is 0 Å². The first-order valence-corrected chi connectivity index (χ1v) is 8.86. The minimum Gasteiger partial charge on any atom is -0.497 e. The molecule has 2 heterocycles. The number of hydrogen-bond acceptors (Lipinski definition) is 5. The fourth-order valence-corrected chi connectivity index (χ4v) is 3.29. The summed E-state index contributed by atoms with van der Waals surface area (Å²) in [6.45, 7) is 3.81. The second-order valence-corrected chi connectivity index (χ2v) is 6.37. The summed E-state index contributed by atoms with van der Waals surface area (Å²) < 4.78 is 10.7. The number of benzene rings is 1. The van der Waals surface area contributed by atoms with Crippen LogP contribution in [0.5, 0.6) is 11.5 Å². The smallest absolute Gasteiger partial charge is 0.255 e. The summed E-state index contributed by atoms with van der Waals surface area (Å²) in [4.78, 5) is 19.5. The van der Waals surface area contributed by atoms with Crippen molar-refractivity contribution in [2.45, 2.75) is 25.8 Å². The lowest BCUT2D eigenvalue weighted by Crippen LogP contribution is -2.30. The first-order chi connectivity index (χ1) is 12.6. The standard InChI is InChI=1S/C20H25N3O3/c1-14(17-13-15(25-2)8-9-18(17)26-3)22-20(24)16-7-6-10-21-19(16)23-11-4-5-12-23/h6-10,13-14H,4-5,11-12H2,1-3H3,(H,22,24). The highest BCUT2D eigenvalue weighted by Gasteiger charge is 2.22. The Morgan fingerprint density at radius 2 is 1.96 bits per heavy atom. The third-order valence-electron chi connectivity index (χ3n) is 4.69. The van der Waals surface area contributed by atoms with Crippen LogP contribution in [0.25, 0.3) is 0 Å². The Bertz CT molecular complexity index is 773. The molecule has 1 fully saturated rings. The van der Waals surface area contributed by atoms with Crippen LogP contribution in [-0.2, 0) is 0 Å². The predicted molar refractivity (Wildman–Crippen MR) is 101 cm³/mol. The van der Waals surface area contributed by atoms with Gasteiger partial charge in [-0.2, -0.15) is 0 Å². The molecule has 0 radical (unpaired) electrons. The van der Waals surface area contributed by atoms with Crippen LogP contribution < -0.4 is 19.7 Å². The summed E-state index contributed by atoms with van der Waals surface area (Å²) in [6, 6.07) is 8.95. The van der Waals surface area contributed by atoms with Gasteiger partial charge in [-0.3, -0.25) is 4.79 Å². The molecule has 6 heteroatoms. The number of carbonyl (C=O) groups excluding carboxylic acids is 1. The molecule has 1 N–H and O–H groups in total. The molecule has 2 aromatic rings. The second-order valence-electron chi connectivity index (χ2n) is 6.37. The first-order valence-electron chi connectivity index (χ1n) is 8.86. The van der Waals surface area contributed by atoms with E-state index in [1.165, 1.54) is 0 Å². The molecule has 0 saturated carbocycles. The lowest BCUT2D eigenvalue weighted by molar-refractivity contribution is 0.0939. The SMILES string of the molecule is COc1ccc(OC)c(C(C)NC(=O)c2cccnc2N2CCCC2)c1. The van der Waals surface area contributed by atoms with Crippen molar-refractivity contribution in [3.8, 4) is 11.5 Å². The van der Waals surface area contributed by atoms with E-state index >= 15 is 0 Å². The summed E-state index contributed by atoms with van der Waals surface area (Å²) in [5.41, 5.74) is 1.47. The van der Waals surface area contributed by atoms with Gasteiger partial charge in [-0.1, -0.05) is 0 Å². The number of aromatic nitrogens is 1. The van der Waals surface area contributed by atoms with Crippen molar-refractivity contribution in [3.63, 3.8) is 0 Å². The van der Waals surface area contributed by atoms with Gasteiger partial charge in [0.15, 0.2) is 0 Å². The maximum Gasteiger partial charge on any atom is 0.255 e. The quantitative estimate of drug-likeness (QED) is 0.862. The molecule has 1 aliphatic rings. The Balaban J connectivity index is 1.82. The van der Waals surface area contributed by atoms with E-state index in [-0.39, 0.29) is 11.9 Å². The summed E-state index contributed by atoms with van der Waals surface area (Å²) in [6.07, 6.45) is 4.00. The monoisotopic (exact) mass is 355 g/mol. The van der Waals surface area contributed by atoms with Crippen LogP contribution in [0.1, 0.15) is 41.7 Å². The molecule has 0 bridgehead atoms. The van der Waals surface area contributed by atoms with Crippen LogP contribution in [0.3, 0.4) is 0 Å². The fraction of sp³-hybridized carbons (Fsp3) is 0.400. The Hall–Kier alpha value is -2.76. The van der Waals surface area contributed by atoms with Crippen LogP contribution in [0.15, 0.2) is 36.5 Å². The van der Waals surface area contributed by atoms with E-state index in [1.54, 1.807) is 26.5 Å². The Kier molecular flexibility index (Phi) is 5.61. The van der Waals surface area contributed by atoms with Crippen molar-refractivity contribution < 1.29 is 14.3 Å². The van der Waals surface area contributed by atoms with E-state index in [1.807, 2.05) is 31.2 Å². The molecule has 6 nitrogen and oxygen atoms in total. The molecule has 26 heavy (non-hydrogen) atoms. The van der Waals surface area contributed by atoms with Crippen molar-refractivity contribution in [1.82, 2.24) is 10.3 Å². The summed E-state index contributed by atoms with van der Waals surface area (Å²) in [7, 11) is 3.24. The number of hydrogen-bond donors (Lipinski definition) is 1. The maximum atomic E-state index is 12.9. The van der Waals surface area contributed by atoms with Gasteiger partial charge in [0, 0.05) is 24.8 Å². The molecule has 1 saturated heterocycles. The van der Waals surface area contributed by atoms with Gasteiger partial charge in [0.2, 0.25) is 0 Å². The topological polar surface area (TPSA) is 63.7 Å². The summed E-state index contributed by atoms with van der Waals surface area (Å²) in [5, 5.41) is 3.06. The van der Waals surface area contributed by atoms with Crippen LogP contribution >= 0.6 is 0 Å². The summed E-state index contributed by atoms with van der Waals surface area (Å²) in [5.74, 6) is 2.05. The number of rotatable bonds is 6. The molecule has 1 aliphatic heterocycles. The van der Waals surface area contributed by atoms with Crippen LogP contribution in [0.2, 0.25) is 0 Å². The third kappa shape index (κ3) is 3.74. The minimum absolute atomic E-state index is 0.141. The molecule has 3 rings (SSSR count). The molecule has 1 unspecified atom stereocenters. The van der Waals surface area contributed by atoms with Crippen molar-refractivity contribution >= 4 is 11.7 Å². The fourth-order valence-electron chi connectivity index (χ4n) is 3.29. The number of amides is 1. The van der Waals surface area contributed by atoms with Crippen LogP contribution in [-0.4, -0.2) is 38.2 Å². The van der Waals surface area contributed by atoms with Gasteiger partial charge in [-0.15, -0.1) is 0 Å². The maximum absolute atomic E-state index is 12.9. The van der Waals surface area contributed by atoms with Gasteiger partial charge >= 0.3 is 0 Å². The second kappa shape index (κ2) is 8.08. The Morgan fingerprint density at radius 1 is 1.19 bits per heavy atom. The molecule has 0 aliphatic carbocycles. The van der Waals surface area contributed by atoms with Crippen molar-refractivity contribution in [2.24, 2.45) is 0 Å². The molecule has 0 spiro atoms. The van der Waals surface area contributed by atoms with Gasteiger partial charge in [0.05, 0.1) is 25.8 Å². The van der Waals surface area contributed by atoms with Crippen molar-refractivity contribution in [3.05, 3.63) is 47.7 Å². The first kappa shape index (κ1) is 18.0. The summed E-state index contributed by atoms with van der Waals surface area (Å²) >= 11 is 0. The predicted octanol–water partition coefficient (Wildman–Crippen LogP) is 3.19. The molecule has 1 atom stereocenters. The van der Waals surface area contributed by atoms with Crippen molar-refractivity contribution in [2.75, 3.05) is 32.2 Å². The van der Waals surface area contributed by atoms with E-state index in [9.17, 15) is 4.79 Å². The zero-order valence-electron chi connectivity index (χ0n) is 15.5. The van der Waals surface area contributed by atoms with Gasteiger partial charge in [-0.05, 0) is 50.1 Å². The van der Waals surface area contributed by atoms with Gasteiger partial charge in [0.1, 0.15) is 17.3 Å². The Morgan fingerprint density at radius 3 is 2.65 bits per heavy atom. The molecular formula is C20H25N3O3. The van der Waals surface area contributed by atoms with E-state index in [4.69, 9.17) is 9.47 Å². The van der Waals surface area contributed by atoms with Gasteiger partial charge in [0.25, 0.3) is 5.91 Å². The van der Waals surface area contributed by atoms with Gasteiger partial charge in [-0.25, -0.2) is 4.98 Å². The highest BCUT2D eigenvalue weighted by Crippen LogP contribution is 2.30. The van der Waals surface area contributed by atoms with Gasteiger partial charge < -0.3 is 19.7 Å². The minimum atomic E-state index is -0.237. The number of nitrogens with one attached hydrogen (secondary N) is 1. The normalized spacial score (nSPS) is 14.8. The Labute approximate surface area is 154 Å². The molecular weight excluding hydrogens is 330 g/mol. The molecule has 1 aromatic heterocycles. The molecule has 138 valence electrons. The highest BCUT2D eigenvalue weighted by molar-refractivity contribution is 5.99. The lowest BCUT2D eigenvalue weighted by Gasteiger charge is -2.22. The number of nitrogens with zero attached hydrogens (tertiary/aromatic N) is 2. The lowest BCUT2D eigenvalue weighted by atomic mass is 10.1. The highest BCUT2D eigenvalue weighted by atomic mass is 16.5. The van der Waals surface area contributed by atoms with Crippen LogP contribution in [0, 0.1) is 0 Å². The molecule has 1 aromatic carbocycles. The average Bonchev–Trinajstić information content (AvgIpc) is 3.22. The number of carbonyl (C=O) groups is 1. The zero-order valence-corrected chi connectivity index (χ0v) is 15.5. The number of ether oxygens (including phenoxy) is 2. The van der Waals surface area contributed by atoms with E-state index < -0.39 is 0 Å². The van der Waals surface area contributed by atoms with E-state index in [0.29, 0.717) is 11.3 Å². The largest absolute Gasteiger partial charge is 0.497 e. The van der Waals surface area contributed by atoms with E-state index in [2.05, 4.69) is 15.2 Å². The molecule has 1 amide bonds. The van der Waals surface area contributed by atoms with Crippen LogP contribution in [0.4, 0.5) is 5.82 Å². The number of methoxy groups -OCH3 is 2. The number of anilines is 1. The third-order valence-corrected chi connectivity index (χ3v) is 4.69. The van der Waals surface area contributed by atoms with E-state index in [0.717, 1.165) is 43.1 Å². The number of pyridine rings is 1. The average molecular weight is 355 g/mol. The zero-order chi connectivity index (χ0) is 18.5.